The van der Waals surface area contributed by atoms with Gasteiger partial charge >= 0.3 is 6.03 Å². The van der Waals surface area contributed by atoms with E-state index >= 15 is 0 Å². The third-order valence-corrected chi connectivity index (χ3v) is 3.55. The van der Waals surface area contributed by atoms with E-state index in [1.807, 2.05) is 0 Å². The first-order valence-corrected chi connectivity index (χ1v) is 6.53. The van der Waals surface area contributed by atoms with Gasteiger partial charge in [-0.15, -0.1) is 0 Å². The number of carbonyl (C=O) groups excluding carboxylic acids is 1. The van der Waals surface area contributed by atoms with Gasteiger partial charge in [-0.25, -0.2) is 4.79 Å². The molecular weight excluding hydrogens is 202 g/mol. The molecule has 1 heterocycles. The van der Waals surface area contributed by atoms with Gasteiger partial charge < -0.3 is 15.5 Å². The molecule has 0 bridgehead atoms. The van der Waals surface area contributed by atoms with E-state index < -0.39 is 0 Å². The number of carbonyl (C=O) groups is 1. The minimum Gasteiger partial charge on any atom is -0.335 e. The molecule has 1 atom stereocenters. The lowest BCUT2D eigenvalue weighted by Gasteiger charge is -2.28. The summed E-state index contributed by atoms with van der Waals surface area (Å²) in [5.74, 6) is 0. The number of hydrogen-bond donors (Lipinski definition) is 2. The number of nitrogens with one attached hydrogen (secondary N) is 2. The zero-order valence-electron chi connectivity index (χ0n) is 10.2. The molecule has 1 aliphatic carbocycles. The summed E-state index contributed by atoms with van der Waals surface area (Å²) in [5, 5.41) is 6.02. The maximum atomic E-state index is 11.6. The molecule has 2 N–H and O–H groups in total. The molecule has 16 heavy (non-hydrogen) atoms. The Balaban J connectivity index is 1.61. The van der Waals surface area contributed by atoms with Crippen molar-refractivity contribution in [2.45, 2.75) is 51.1 Å². The predicted octanol–water partition coefficient (Wildman–Crippen LogP) is 1.32. The smallest absolute Gasteiger partial charge is 0.315 e. The molecule has 0 aromatic rings. The van der Waals surface area contributed by atoms with Crippen LogP contribution in [0.1, 0.15) is 39.0 Å². The number of nitrogens with zero attached hydrogens (tertiary/aromatic N) is 1. The van der Waals surface area contributed by atoms with Crippen LogP contribution in [0.25, 0.3) is 0 Å². The summed E-state index contributed by atoms with van der Waals surface area (Å²) >= 11 is 0. The summed E-state index contributed by atoms with van der Waals surface area (Å²) < 4.78 is 0. The molecule has 1 saturated carbocycles. The van der Waals surface area contributed by atoms with E-state index in [9.17, 15) is 4.79 Å². The molecule has 1 aliphatic heterocycles. The topological polar surface area (TPSA) is 44.4 Å². The third kappa shape index (κ3) is 3.37. The summed E-state index contributed by atoms with van der Waals surface area (Å²) in [6.45, 7) is 5.45. The van der Waals surface area contributed by atoms with Gasteiger partial charge in [0.25, 0.3) is 0 Å². The molecule has 0 spiro atoms. The molecule has 2 fully saturated rings. The number of urea groups is 1. The first kappa shape index (κ1) is 11.7. The Morgan fingerprint density at radius 3 is 2.56 bits per heavy atom. The molecule has 2 amide bonds. The highest BCUT2D eigenvalue weighted by Crippen LogP contribution is 2.17. The average Bonchev–Trinajstić information content (AvgIpc) is 2.63. The fraction of sp³-hybridized carbons (Fsp3) is 0.917. The van der Waals surface area contributed by atoms with Crippen molar-refractivity contribution in [2.75, 3.05) is 19.6 Å². The molecule has 92 valence electrons. The zero-order chi connectivity index (χ0) is 11.4. The minimum absolute atomic E-state index is 0.0106. The van der Waals surface area contributed by atoms with Crippen molar-refractivity contribution in [3.63, 3.8) is 0 Å². The molecule has 1 unspecified atom stereocenters. The Bertz CT molecular complexity index is 234. The van der Waals surface area contributed by atoms with Crippen LogP contribution in [0.3, 0.4) is 0 Å². The Morgan fingerprint density at radius 1 is 1.31 bits per heavy atom. The monoisotopic (exact) mass is 225 g/mol. The lowest BCUT2D eigenvalue weighted by molar-refractivity contribution is 0.220. The number of likely N-dealkylation sites (tertiary alicyclic amines) is 1. The second kappa shape index (κ2) is 5.53. The van der Waals surface area contributed by atoms with E-state index in [4.69, 9.17) is 0 Å². The fourth-order valence-corrected chi connectivity index (χ4v) is 2.40. The number of hydrogen-bond acceptors (Lipinski definition) is 2. The van der Waals surface area contributed by atoms with Crippen LogP contribution in [-0.2, 0) is 0 Å². The summed E-state index contributed by atoms with van der Waals surface area (Å²) in [4.78, 5) is 14.0. The van der Waals surface area contributed by atoms with E-state index in [1.165, 1.54) is 32.4 Å². The normalized spacial score (nSPS) is 23.8. The Kier molecular flexibility index (Phi) is 4.04. The van der Waals surface area contributed by atoms with Gasteiger partial charge in [-0.2, -0.15) is 0 Å². The maximum absolute atomic E-state index is 11.6. The molecule has 0 aromatic heterocycles. The third-order valence-electron chi connectivity index (χ3n) is 3.55. The highest BCUT2D eigenvalue weighted by molar-refractivity contribution is 5.74. The maximum Gasteiger partial charge on any atom is 0.315 e. The molecule has 0 radical (unpaired) electrons. The van der Waals surface area contributed by atoms with E-state index in [2.05, 4.69) is 22.5 Å². The fourth-order valence-electron chi connectivity index (χ4n) is 2.40. The van der Waals surface area contributed by atoms with Crippen molar-refractivity contribution < 1.29 is 4.79 Å². The van der Waals surface area contributed by atoms with Crippen LogP contribution < -0.4 is 10.6 Å². The van der Waals surface area contributed by atoms with E-state index in [1.54, 1.807) is 0 Å². The molecule has 0 aromatic carbocycles. The second-order valence-electron chi connectivity index (χ2n) is 5.15. The highest BCUT2D eigenvalue weighted by Gasteiger charge is 2.21. The van der Waals surface area contributed by atoms with Crippen LogP contribution in [0.2, 0.25) is 0 Å². The van der Waals surface area contributed by atoms with E-state index in [0.717, 1.165) is 19.4 Å². The molecule has 1 saturated heterocycles. The Hall–Kier alpha value is -0.770. The van der Waals surface area contributed by atoms with Gasteiger partial charge in [-0.05, 0) is 52.1 Å². The summed E-state index contributed by atoms with van der Waals surface area (Å²) in [6, 6.07) is 0.688. The second-order valence-corrected chi connectivity index (χ2v) is 5.15. The van der Waals surface area contributed by atoms with Crippen LogP contribution in [0, 0.1) is 0 Å². The van der Waals surface area contributed by atoms with Crippen LogP contribution in [0.15, 0.2) is 0 Å². The van der Waals surface area contributed by atoms with Crippen molar-refractivity contribution in [1.82, 2.24) is 15.5 Å². The van der Waals surface area contributed by atoms with Gasteiger partial charge in [-0.1, -0.05) is 0 Å². The van der Waals surface area contributed by atoms with Gasteiger partial charge in [0.15, 0.2) is 0 Å². The number of rotatable bonds is 4. The van der Waals surface area contributed by atoms with Crippen molar-refractivity contribution >= 4 is 6.03 Å². The molecule has 2 rings (SSSR count). The highest BCUT2D eigenvalue weighted by atomic mass is 16.2. The van der Waals surface area contributed by atoms with Gasteiger partial charge in [0.2, 0.25) is 0 Å². The molecule has 4 heteroatoms. The van der Waals surface area contributed by atoms with Gasteiger partial charge in [0.05, 0.1) is 0 Å². The first-order chi connectivity index (χ1) is 7.74. The van der Waals surface area contributed by atoms with Crippen molar-refractivity contribution in [3.8, 4) is 0 Å². The predicted molar refractivity (Wildman–Crippen MR) is 64.4 cm³/mol. The first-order valence-electron chi connectivity index (χ1n) is 6.53. The van der Waals surface area contributed by atoms with Gasteiger partial charge in [-0.3, -0.25) is 0 Å². The number of amides is 2. The SMILES string of the molecule is CC(CN1CCCC1)NC(=O)NC1CCC1. The largest absolute Gasteiger partial charge is 0.335 e. The summed E-state index contributed by atoms with van der Waals surface area (Å²) in [6.07, 6.45) is 6.16. The van der Waals surface area contributed by atoms with Crippen LogP contribution in [0.4, 0.5) is 4.79 Å². The lowest BCUT2D eigenvalue weighted by atomic mass is 9.93. The Morgan fingerprint density at radius 2 is 2.00 bits per heavy atom. The van der Waals surface area contributed by atoms with Crippen LogP contribution in [0.5, 0.6) is 0 Å². The minimum atomic E-state index is 0.0106. The molecular formula is C12H23N3O. The van der Waals surface area contributed by atoms with Crippen LogP contribution in [-0.4, -0.2) is 42.6 Å². The van der Waals surface area contributed by atoms with Crippen molar-refractivity contribution in [2.24, 2.45) is 0 Å². The lowest BCUT2D eigenvalue weighted by Crippen LogP contribution is -2.50. The van der Waals surface area contributed by atoms with Gasteiger partial charge in [0.1, 0.15) is 0 Å². The van der Waals surface area contributed by atoms with E-state index in [0.29, 0.717) is 6.04 Å². The summed E-state index contributed by atoms with van der Waals surface area (Å²) in [5.41, 5.74) is 0. The quantitative estimate of drug-likeness (QED) is 0.758. The molecule has 4 nitrogen and oxygen atoms in total. The molecule has 2 aliphatic rings. The van der Waals surface area contributed by atoms with Crippen LogP contribution >= 0.6 is 0 Å². The average molecular weight is 225 g/mol. The standard InChI is InChI=1S/C12H23N3O/c1-10(9-15-7-2-3-8-15)13-12(16)14-11-5-4-6-11/h10-11H,2-9H2,1H3,(H2,13,14,16). The Labute approximate surface area is 97.8 Å². The summed E-state index contributed by atoms with van der Waals surface area (Å²) in [7, 11) is 0. The van der Waals surface area contributed by atoms with Crippen molar-refractivity contribution in [3.05, 3.63) is 0 Å². The van der Waals surface area contributed by atoms with E-state index in [-0.39, 0.29) is 12.1 Å². The van der Waals surface area contributed by atoms with Crippen molar-refractivity contribution in [1.29, 1.82) is 0 Å². The zero-order valence-corrected chi connectivity index (χ0v) is 10.2. The van der Waals surface area contributed by atoms with Gasteiger partial charge in [0, 0.05) is 18.6 Å².